The molecule has 7 rings (SSSR count). The first-order valence-corrected chi connectivity index (χ1v) is 13.6. The van der Waals surface area contributed by atoms with Gasteiger partial charge in [0.25, 0.3) is 0 Å². The molecular weight excluding hydrogens is 525 g/mol. The van der Waals surface area contributed by atoms with Gasteiger partial charge in [-0.2, -0.15) is 0 Å². The molecule has 5 fully saturated rings. The number of carbonyl (C=O) groups excluding carboxylic acids is 1. The fourth-order valence-corrected chi connectivity index (χ4v) is 8.24. The summed E-state index contributed by atoms with van der Waals surface area (Å²) in [5, 5.41) is 3.41. The average Bonchev–Trinajstić information content (AvgIpc) is 2.86. The molecule has 204 valence electrons. The lowest BCUT2D eigenvalue weighted by atomic mass is 9.49. The lowest BCUT2D eigenvalue weighted by Crippen LogP contribution is -2.47. The highest BCUT2D eigenvalue weighted by molar-refractivity contribution is 6.33. The highest BCUT2D eigenvalue weighted by atomic mass is 35.5. The van der Waals surface area contributed by atoms with Crippen LogP contribution in [0.2, 0.25) is 5.02 Å². The number of amides is 1. The molecule has 4 nitrogen and oxygen atoms in total. The van der Waals surface area contributed by atoms with E-state index in [0.717, 1.165) is 41.9 Å². The third-order valence-electron chi connectivity index (χ3n) is 9.06. The molecule has 4 saturated carbocycles. The van der Waals surface area contributed by atoms with E-state index in [2.05, 4.69) is 5.32 Å². The Balaban J connectivity index is 1.09. The maximum Gasteiger partial charge on any atom is 0.224 e. The maximum atomic E-state index is 14.2. The Kier molecular flexibility index (Phi) is 6.48. The van der Waals surface area contributed by atoms with Crippen LogP contribution in [-0.2, 0) is 4.79 Å². The summed E-state index contributed by atoms with van der Waals surface area (Å²) in [5.74, 6) is -7.41. The summed E-state index contributed by atoms with van der Waals surface area (Å²) < 4.78 is 69.1. The van der Waals surface area contributed by atoms with Crippen molar-refractivity contribution in [2.75, 3.05) is 41.3 Å². The molecule has 1 saturated heterocycles. The van der Waals surface area contributed by atoms with Crippen molar-refractivity contribution in [2.24, 2.45) is 23.2 Å². The number of hydrogen-bond donors (Lipinski definition) is 1. The highest BCUT2D eigenvalue weighted by Crippen LogP contribution is 2.61. The second-order valence-electron chi connectivity index (χ2n) is 11.7. The van der Waals surface area contributed by atoms with Crippen molar-refractivity contribution < 1.29 is 26.7 Å². The first-order chi connectivity index (χ1) is 18.1. The molecular formula is C28H29ClF5N3O. The zero-order valence-corrected chi connectivity index (χ0v) is 21.6. The minimum atomic E-state index is -2.17. The largest absolute Gasteiger partial charge is 0.367 e. The lowest BCUT2D eigenvalue weighted by Gasteiger charge is -2.56. The maximum absolute atomic E-state index is 14.2. The Morgan fingerprint density at radius 2 is 1.32 bits per heavy atom. The molecule has 4 bridgehead atoms. The summed E-state index contributed by atoms with van der Waals surface area (Å²) in [6.45, 7) is 0.602. The van der Waals surface area contributed by atoms with E-state index >= 15 is 0 Å². The molecule has 5 aliphatic rings. The van der Waals surface area contributed by atoms with Gasteiger partial charge in [0.2, 0.25) is 11.7 Å². The molecule has 0 radical (unpaired) electrons. The number of piperazine rings is 1. The number of halogens is 6. The van der Waals surface area contributed by atoms with Crippen molar-refractivity contribution in [1.82, 2.24) is 0 Å². The molecule has 0 spiro atoms. The van der Waals surface area contributed by atoms with Crippen molar-refractivity contribution in [1.29, 1.82) is 0 Å². The van der Waals surface area contributed by atoms with Crippen LogP contribution in [0.1, 0.15) is 44.9 Å². The monoisotopic (exact) mass is 553 g/mol. The van der Waals surface area contributed by atoms with Crippen LogP contribution < -0.4 is 15.1 Å². The van der Waals surface area contributed by atoms with E-state index in [1.165, 1.54) is 19.3 Å². The highest BCUT2D eigenvalue weighted by Gasteiger charge is 2.51. The van der Waals surface area contributed by atoms with Crippen LogP contribution in [0.3, 0.4) is 0 Å². The Bertz CT molecular complexity index is 1220. The third-order valence-corrected chi connectivity index (χ3v) is 9.36. The predicted molar refractivity (Wildman–Crippen MR) is 136 cm³/mol. The topological polar surface area (TPSA) is 35.6 Å². The SMILES string of the molecule is O=C(CC12CC3CC(CC(C3)C1)C2)Nc1ccc(N2CCN(c3c(F)c(F)c(F)c(F)c3F)CC2)c(Cl)c1. The lowest BCUT2D eigenvalue weighted by molar-refractivity contribution is -0.124. The average molecular weight is 554 g/mol. The standard InChI is InChI=1S/C28H29ClF5N3O/c29-19-10-18(35-21(38)14-28-11-15-7-16(12-28)9-17(8-15)13-28)1-2-20(19)36-3-5-37(6-4-36)27-25(33)23(31)22(30)24(32)26(27)34/h1-2,10,15-17H,3-9,11-14H2,(H,35,38). The quantitative estimate of drug-likeness (QED) is 0.248. The number of carbonyl (C=O) groups is 1. The minimum absolute atomic E-state index is 0.00666. The summed E-state index contributed by atoms with van der Waals surface area (Å²) >= 11 is 6.54. The second kappa shape index (κ2) is 9.57. The molecule has 1 aliphatic heterocycles. The molecule has 0 aromatic heterocycles. The summed E-state index contributed by atoms with van der Waals surface area (Å²) in [6, 6.07) is 5.23. The number of nitrogens with zero attached hydrogens (tertiary/aromatic N) is 2. The molecule has 0 atom stereocenters. The second-order valence-corrected chi connectivity index (χ2v) is 12.1. The Hall–Kier alpha value is -2.55. The number of anilines is 3. The van der Waals surface area contributed by atoms with E-state index in [4.69, 9.17) is 11.6 Å². The van der Waals surface area contributed by atoms with Crippen LogP contribution in [0, 0.1) is 52.3 Å². The fraction of sp³-hybridized carbons (Fsp3) is 0.536. The van der Waals surface area contributed by atoms with Crippen LogP contribution in [-0.4, -0.2) is 32.1 Å². The molecule has 38 heavy (non-hydrogen) atoms. The van der Waals surface area contributed by atoms with Gasteiger partial charge in [-0.05, 0) is 79.9 Å². The van der Waals surface area contributed by atoms with Gasteiger partial charge < -0.3 is 15.1 Å². The summed E-state index contributed by atoms with van der Waals surface area (Å²) in [6.07, 6.45) is 7.99. The fourth-order valence-electron chi connectivity index (χ4n) is 7.94. The zero-order valence-electron chi connectivity index (χ0n) is 20.8. The Labute approximate surface area is 223 Å². The summed E-state index contributed by atoms with van der Waals surface area (Å²) in [7, 11) is 0. The smallest absolute Gasteiger partial charge is 0.224 e. The number of hydrogen-bond acceptors (Lipinski definition) is 3. The number of rotatable bonds is 5. The number of nitrogens with one attached hydrogen (secondary N) is 1. The van der Waals surface area contributed by atoms with Crippen molar-refractivity contribution in [3.63, 3.8) is 0 Å². The van der Waals surface area contributed by atoms with Gasteiger partial charge in [-0.25, -0.2) is 22.0 Å². The molecule has 2 aromatic carbocycles. The summed E-state index contributed by atoms with van der Waals surface area (Å²) in [5.41, 5.74) is 0.498. The van der Waals surface area contributed by atoms with E-state index in [1.54, 1.807) is 18.2 Å². The van der Waals surface area contributed by atoms with Crippen molar-refractivity contribution >= 4 is 34.6 Å². The Morgan fingerprint density at radius 3 is 1.84 bits per heavy atom. The van der Waals surface area contributed by atoms with Gasteiger partial charge in [-0.3, -0.25) is 4.79 Å². The zero-order chi connectivity index (χ0) is 26.8. The predicted octanol–water partition coefficient (Wildman–Crippen LogP) is 6.91. The molecule has 4 aliphatic carbocycles. The van der Waals surface area contributed by atoms with Gasteiger partial charge in [0.15, 0.2) is 23.3 Å². The number of benzene rings is 2. The summed E-state index contributed by atoms with van der Waals surface area (Å²) in [4.78, 5) is 16.0. The van der Waals surface area contributed by atoms with Crippen molar-refractivity contribution in [3.8, 4) is 0 Å². The van der Waals surface area contributed by atoms with Gasteiger partial charge in [0, 0.05) is 38.3 Å². The third kappa shape index (κ3) is 4.50. The van der Waals surface area contributed by atoms with Gasteiger partial charge >= 0.3 is 0 Å². The van der Waals surface area contributed by atoms with E-state index in [9.17, 15) is 26.7 Å². The van der Waals surface area contributed by atoms with Crippen LogP contribution in [0.4, 0.5) is 39.0 Å². The first-order valence-electron chi connectivity index (χ1n) is 13.2. The molecule has 1 heterocycles. The van der Waals surface area contributed by atoms with Crippen LogP contribution in [0.25, 0.3) is 0 Å². The molecule has 1 N–H and O–H groups in total. The molecule has 2 aromatic rings. The van der Waals surface area contributed by atoms with Gasteiger partial charge in [0.05, 0.1) is 10.7 Å². The first kappa shape index (κ1) is 25.7. The van der Waals surface area contributed by atoms with E-state index in [0.29, 0.717) is 22.8 Å². The van der Waals surface area contributed by atoms with Gasteiger partial charge in [-0.1, -0.05) is 11.6 Å². The van der Waals surface area contributed by atoms with Crippen LogP contribution >= 0.6 is 11.6 Å². The minimum Gasteiger partial charge on any atom is -0.367 e. The van der Waals surface area contributed by atoms with Crippen molar-refractivity contribution in [3.05, 3.63) is 52.3 Å². The van der Waals surface area contributed by atoms with Crippen LogP contribution in [0.15, 0.2) is 18.2 Å². The van der Waals surface area contributed by atoms with E-state index in [1.807, 2.05) is 4.90 Å². The van der Waals surface area contributed by atoms with Crippen LogP contribution in [0.5, 0.6) is 0 Å². The van der Waals surface area contributed by atoms with E-state index in [-0.39, 0.29) is 37.5 Å². The van der Waals surface area contributed by atoms with E-state index < -0.39 is 34.8 Å². The van der Waals surface area contributed by atoms with Gasteiger partial charge in [-0.15, -0.1) is 0 Å². The molecule has 1 amide bonds. The molecule has 0 unspecified atom stereocenters. The Morgan fingerprint density at radius 1 is 0.816 bits per heavy atom. The van der Waals surface area contributed by atoms with Gasteiger partial charge in [0.1, 0.15) is 5.69 Å². The normalized spacial score (nSPS) is 28.2. The van der Waals surface area contributed by atoms with Crippen molar-refractivity contribution in [2.45, 2.75) is 44.9 Å². The molecule has 10 heteroatoms.